The first-order chi connectivity index (χ1) is 6.79. The highest BCUT2D eigenvalue weighted by molar-refractivity contribution is 9.10. The van der Waals surface area contributed by atoms with Gasteiger partial charge in [-0.3, -0.25) is 4.90 Å². The van der Waals surface area contributed by atoms with Gasteiger partial charge in [0, 0.05) is 35.0 Å². The molecule has 1 fully saturated rings. The van der Waals surface area contributed by atoms with Crippen LogP contribution in [0.1, 0.15) is 11.3 Å². The molecule has 0 bridgehead atoms. The van der Waals surface area contributed by atoms with Crippen molar-refractivity contribution in [2.75, 3.05) is 20.1 Å². The summed E-state index contributed by atoms with van der Waals surface area (Å²) < 4.78 is 1.26. The summed E-state index contributed by atoms with van der Waals surface area (Å²) in [5.41, 5.74) is 0. The lowest BCUT2D eigenvalue weighted by molar-refractivity contribution is 0.325. The van der Waals surface area contributed by atoms with Crippen LogP contribution in [0.25, 0.3) is 0 Å². The van der Waals surface area contributed by atoms with Crippen LogP contribution >= 0.6 is 27.3 Å². The van der Waals surface area contributed by atoms with Gasteiger partial charge in [-0.15, -0.1) is 11.3 Å². The molecule has 0 aliphatic carbocycles. The van der Waals surface area contributed by atoms with Gasteiger partial charge < -0.3 is 5.32 Å². The average Bonchev–Trinajstić information content (AvgIpc) is 2.77. The Hall–Kier alpha value is 0.100. The molecule has 1 aliphatic heterocycles. The SMILES string of the molecule is CNC1CCN(Cc2sccc2Br)C1. The third kappa shape index (κ3) is 2.37. The number of rotatable bonds is 3. The monoisotopic (exact) mass is 274 g/mol. The number of hydrogen-bond acceptors (Lipinski definition) is 3. The second-order valence-electron chi connectivity index (χ2n) is 3.70. The van der Waals surface area contributed by atoms with Gasteiger partial charge in [0.05, 0.1) is 0 Å². The highest BCUT2D eigenvalue weighted by atomic mass is 79.9. The van der Waals surface area contributed by atoms with Crippen molar-refractivity contribution in [3.8, 4) is 0 Å². The fourth-order valence-electron chi connectivity index (χ4n) is 1.85. The minimum absolute atomic E-state index is 0.689. The van der Waals surface area contributed by atoms with Gasteiger partial charge in [0.1, 0.15) is 0 Å². The lowest BCUT2D eigenvalue weighted by Gasteiger charge is -2.14. The summed E-state index contributed by atoms with van der Waals surface area (Å²) in [5, 5.41) is 5.48. The van der Waals surface area contributed by atoms with E-state index in [0.29, 0.717) is 6.04 Å². The first-order valence-electron chi connectivity index (χ1n) is 4.91. The van der Waals surface area contributed by atoms with Crippen LogP contribution < -0.4 is 5.32 Å². The zero-order valence-corrected chi connectivity index (χ0v) is 10.7. The molecule has 0 spiro atoms. The van der Waals surface area contributed by atoms with Crippen molar-refractivity contribution in [2.45, 2.75) is 19.0 Å². The number of likely N-dealkylation sites (N-methyl/N-ethyl adjacent to an activating group) is 1. The lowest BCUT2D eigenvalue weighted by atomic mass is 10.3. The van der Waals surface area contributed by atoms with E-state index in [9.17, 15) is 0 Å². The molecule has 0 aromatic carbocycles. The van der Waals surface area contributed by atoms with Crippen LogP contribution in [0.4, 0.5) is 0 Å². The molecule has 1 aromatic heterocycles. The van der Waals surface area contributed by atoms with E-state index >= 15 is 0 Å². The van der Waals surface area contributed by atoms with Gasteiger partial charge in [-0.25, -0.2) is 0 Å². The van der Waals surface area contributed by atoms with Crippen LogP contribution in [0.3, 0.4) is 0 Å². The maximum atomic E-state index is 3.57. The number of thiophene rings is 1. The fourth-order valence-corrected chi connectivity index (χ4v) is 3.37. The Morgan fingerprint density at radius 2 is 2.57 bits per heavy atom. The maximum Gasteiger partial charge on any atom is 0.0339 e. The normalized spacial score (nSPS) is 23.1. The Balaban J connectivity index is 1.90. The van der Waals surface area contributed by atoms with E-state index in [1.54, 1.807) is 0 Å². The Morgan fingerprint density at radius 3 is 3.14 bits per heavy atom. The molecule has 0 saturated carbocycles. The zero-order valence-electron chi connectivity index (χ0n) is 8.29. The summed E-state index contributed by atoms with van der Waals surface area (Å²) >= 11 is 5.41. The van der Waals surface area contributed by atoms with Crippen molar-refractivity contribution in [3.63, 3.8) is 0 Å². The molecule has 1 N–H and O–H groups in total. The Kier molecular flexibility index (Phi) is 3.60. The molecule has 1 aliphatic rings. The van der Waals surface area contributed by atoms with Gasteiger partial charge in [0.25, 0.3) is 0 Å². The van der Waals surface area contributed by atoms with Gasteiger partial charge in [-0.2, -0.15) is 0 Å². The van der Waals surface area contributed by atoms with E-state index in [-0.39, 0.29) is 0 Å². The van der Waals surface area contributed by atoms with Crippen LogP contribution in [0.15, 0.2) is 15.9 Å². The fraction of sp³-hybridized carbons (Fsp3) is 0.600. The second kappa shape index (κ2) is 4.75. The van der Waals surface area contributed by atoms with Crippen LogP contribution in [0.5, 0.6) is 0 Å². The molecular formula is C10H15BrN2S. The molecule has 1 unspecified atom stereocenters. The predicted octanol–water partition coefficient (Wildman–Crippen LogP) is 2.30. The van der Waals surface area contributed by atoms with Crippen molar-refractivity contribution >= 4 is 27.3 Å². The highest BCUT2D eigenvalue weighted by Gasteiger charge is 2.21. The van der Waals surface area contributed by atoms with Crippen molar-refractivity contribution in [1.82, 2.24) is 10.2 Å². The molecule has 4 heteroatoms. The number of nitrogens with zero attached hydrogens (tertiary/aromatic N) is 1. The maximum absolute atomic E-state index is 3.57. The molecule has 2 rings (SSSR count). The van der Waals surface area contributed by atoms with Crippen molar-refractivity contribution in [1.29, 1.82) is 0 Å². The largest absolute Gasteiger partial charge is 0.316 e. The minimum Gasteiger partial charge on any atom is -0.316 e. The first kappa shape index (κ1) is 10.6. The molecule has 78 valence electrons. The summed E-state index contributed by atoms with van der Waals surface area (Å²) in [6, 6.07) is 2.82. The third-order valence-corrected chi connectivity index (χ3v) is 4.65. The summed E-state index contributed by atoms with van der Waals surface area (Å²) in [7, 11) is 2.05. The Bertz CT molecular complexity index is 300. The van der Waals surface area contributed by atoms with E-state index in [0.717, 1.165) is 6.54 Å². The number of nitrogens with one attached hydrogen (secondary N) is 1. The molecular weight excluding hydrogens is 260 g/mol. The molecule has 1 atom stereocenters. The Morgan fingerprint density at radius 1 is 1.71 bits per heavy atom. The summed E-state index contributed by atoms with van der Waals surface area (Å²) in [6.45, 7) is 3.49. The standard InChI is InChI=1S/C10H15BrN2S/c1-12-8-2-4-13(6-8)7-10-9(11)3-5-14-10/h3,5,8,12H,2,4,6-7H2,1H3. The van der Waals surface area contributed by atoms with Gasteiger partial charge in [0.15, 0.2) is 0 Å². The van der Waals surface area contributed by atoms with Gasteiger partial charge in [-0.1, -0.05) is 0 Å². The number of hydrogen-bond donors (Lipinski definition) is 1. The van der Waals surface area contributed by atoms with Gasteiger partial charge in [-0.05, 0) is 40.8 Å². The van der Waals surface area contributed by atoms with Crippen LogP contribution in [-0.2, 0) is 6.54 Å². The highest BCUT2D eigenvalue weighted by Crippen LogP contribution is 2.25. The molecule has 14 heavy (non-hydrogen) atoms. The van der Waals surface area contributed by atoms with Gasteiger partial charge in [0.2, 0.25) is 0 Å². The molecule has 0 radical (unpaired) electrons. The minimum atomic E-state index is 0.689. The van der Waals surface area contributed by atoms with Crippen LogP contribution in [-0.4, -0.2) is 31.1 Å². The lowest BCUT2D eigenvalue weighted by Crippen LogP contribution is -2.29. The number of likely N-dealkylation sites (tertiary alicyclic amines) is 1. The third-order valence-electron chi connectivity index (χ3n) is 2.74. The summed E-state index contributed by atoms with van der Waals surface area (Å²) in [4.78, 5) is 3.96. The van der Waals surface area contributed by atoms with Crippen LogP contribution in [0.2, 0.25) is 0 Å². The molecule has 2 nitrogen and oxygen atoms in total. The Labute approximate surface area is 97.4 Å². The topological polar surface area (TPSA) is 15.3 Å². The van der Waals surface area contributed by atoms with E-state index in [2.05, 4.69) is 44.6 Å². The number of halogens is 1. The predicted molar refractivity (Wildman–Crippen MR) is 64.8 cm³/mol. The van der Waals surface area contributed by atoms with E-state index in [4.69, 9.17) is 0 Å². The quantitative estimate of drug-likeness (QED) is 0.910. The second-order valence-corrected chi connectivity index (χ2v) is 5.56. The van der Waals surface area contributed by atoms with Gasteiger partial charge >= 0.3 is 0 Å². The molecule has 1 aromatic rings. The molecule has 0 amide bonds. The van der Waals surface area contributed by atoms with Crippen molar-refractivity contribution < 1.29 is 0 Å². The van der Waals surface area contributed by atoms with E-state index in [1.807, 2.05) is 11.3 Å². The van der Waals surface area contributed by atoms with Crippen molar-refractivity contribution in [3.05, 3.63) is 20.8 Å². The molecule has 1 saturated heterocycles. The average molecular weight is 275 g/mol. The van der Waals surface area contributed by atoms with Crippen LogP contribution in [0, 0.1) is 0 Å². The van der Waals surface area contributed by atoms with E-state index in [1.165, 1.54) is 28.9 Å². The first-order valence-corrected chi connectivity index (χ1v) is 6.58. The van der Waals surface area contributed by atoms with E-state index < -0.39 is 0 Å². The molecule has 2 heterocycles. The summed E-state index contributed by atoms with van der Waals surface area (Å²) in [5.74, 6) is 0. The summed E-state index contributed by atoms with van der Waals surface area (Å²) in [6.07, 6.45) is 1.28. The van der Waals surface area contributed by atoms with Crippen molar-refractivity contribution in [2.24, 2.45) is 0 Å². The smallest absolute Gasteiger partial charge is 0.0339 e. The zero-order chi connectivity index (χ0) is 9.97.